The summed E-state index contributed by atoms with van der Waals surface area (Å²) in [6.45, 7) is 5.35. The largest absolute Gasteiger partial charge is 0.362 e. The molecule has 1 amide bonds. The SMILES string of the molecule is Cc1cnc(N2CCc3cc(C(=O)N4CCCC4)c(N(C)C)nc3CC2)nc1. The summed E-state index contributed by atoms with van der Waals surface area (Å²) in [5.74, 6) is 1.65. The van der Waals surface area contributed by atoms with Crippen LogP contribution in [0.15, 0.2) is 18.5 Å². The summed E-state index contributed by atoms with van der Waals surface area (Å²) in [6, 6.07) is 2.08. The van der Waals surface area contributed by atoms with Gasteiger partial charge in [-0.2, -0.15) is 0 Å². The molecule has 2 aliphatic rings. The van der Waals surface area contributed by atoms with Crippen molar-refractivity contribution in [1.29, 1.82) is 0 Å². The van der Waals surface area contributed by atoms with Crippen molar-refractivity contribution < 1.29 is 4.79 Å². The lowest BCUT2D eigenvalue weighted by atomic mass is 10.0. The summed E-state index contributed by atoms with van der Waals surface area (Å²) in [5, 5.41) is 0. The van der Waals surface area contributed by atoms with E-state index in [2.05, 4.69) is 20.9 Å². The molecular formula is C21H28N6O. The highest BCUT2D eigenvalue weighted by atomic mass is 16.2. The van der Waals surface area contributed by atoms with Crippen LogP contribution >= 0.6 is 0 Å². The number of anilines is 2. The molecule has 0 aromatic carbocycles. The number of aromatic nitrogens is 3. The predicted molar refractivity (Wildman–Crippen MR) is 110 cm³/mol. The van der Waals surface area contributed by atoms with Crippen LogP contribution in [0.3, 0.4) is 0 Å². The maximum absolute atomic E-state index is 13.1. The summed E-state index contributed by atoms with van der Waals surface area (Å²) in [4.78, 5) is 33.1. The lowest BCUT2D eigenvalue weighted by molar-refractivity contribution is 0.0793. The summed E-state index contributed by atoms with van der Waals surface area (Å²) >= 11 is 0. The van der Waals surface area contributed by atoms with Gasteiger partial charge in [-0.25, -0.2) is 15.0 Å². The monoisotopic (exact) mass is 380 g/mol. The molecule has 2 aromatic heterocycles. The number of amides is 1. The Hall–Kier alpha value is -2.70. The highest BCUT2D eigenvalue weighted by Crippen LogP contribution is 2.26. The van der Waals surface area contributed by atoms with Crippen LogP contribution in [0.5, 0.6) is 0 Å². The van der Waals surface area contributed by atoms with Gasteiger partial charge in [-0.15, -0.1) is 0 Å². The number of fused-ring (bicyclic) bond motifs is 1. The number of pyridine rings is 1. The van der Waals surface area contributed by atoms with Crippen molar-refractivity contribution in [2.75, 3.05) is 50.1 Å². The Morgan fingerprint density at radius 3 is 2.39 bits per heavy atom. The van der Waals surface area contributed by atoms with E-state index in [1.807, 2.05) is 43.2 Å². The number of hydrogen-bond acceptors (Lipinski definition) is 6. The number of aryl methyl sites for hydroxylation is 1. The van der Waals surface area contributed by atoms with Crippen molar-refractivity contribution in [3.63, 3.8) is 0 Å². The molecular weight excluding hydrogens is 352 g/mol. The molecule has 0 atom stereocenters. The maximum atomic E-state index is 13.1. The lowest BCUT2D eigenvalue weighted by Gasteiger charge is -2.22. The molecule has 0 spiro atoms. The molecule has 0 bridgehead atoms. The van der Waals surface area contributed by atoms with E-state index >= 15 is 0 Å². The van der Waals surface area contributed by atoms with Crippen LogP contribution in [0, 0.1) is 6.92 Å². The summed E-state index contributed by atoms with van der Waals surface area (Å²) < 4.78 is 0. The quantitative estimate of drug-likeness (QED) is 0.812. The molecule has 7 nitrogen and oxygen atoms in total. The minimum absolute atomic E-state index is 0.111. The average Bonchev–Trinajstić information content (AvgIpc) is 3.15. The molecule has 0 N–H and O–H groups in total. The number of carbonyl (C=O) groups is 1. The zero-order chi connectivity index (χ0) is 19.7. The van der Waals surface area contributed by atoms with Gasteiger partial charge in [-0.1, -0.05) is 0 Å². The van der Waals surface area contributed by atoms with Gasteiger partial charge in [0, 0.05) is 64.8 Å². The van der Waals surface area contributed by atoms with Gasteiger partial charge in [0.15, 0.2) is 0 Å². The Morgan fingerprint density at radius 1 is 1.04 bits per heavy atom. The highest BCUT2D eigenvalue weighted by Gasteiger charge is 2.26. The van der Waals surface area contributed by atoms with Crippen molar-refractivity contribution in [1.82, 2.24) is 19.9 Å². The zero-order valence-corrected chi connectivity index (χ0v) is 17.0. The first-order valence-electron chi connectivity index (χ1n) is 10.1. The second-order valence-corrected chi connectivity index (χ2v) is 7.91. The molecule has 1 saturated heterocycles. The van der Waals surface area contributed by atoms with E-state index in [1.54, 1.807) is 0 Å². The normalized spacial score (nSPS) is 16.7. The van der Waals surface area contributed by atoms with Crippen molar-refractivity contribution in [2.45, 2.75) is 32.6 Å². The first-order valence-corrected chi connectivity index (χ1v) is 10.1. The van der Waals surface area contributed by atoms with Crippen LogP contribution in [0.2, 0.25) is 0 Å². The van der Waals surface area contributed by atoms with E-state index in [9.17, 15) is 4.79 Å². The number of carbonyl (C=O) groups excluding carboxylic acids is 1. The molecule has 148 valence electrons. The van der Waals surface area contributed by atoms with Gasteiger partial charge < -0.3 is 14.7 Å². The Labute approximate surface area is 166 Å². The van der Waals surface area contributed by atoms with Gasteiger partial charge >= 0.3 is 0 Å². The van der Waals surface area contributed by atoms with Crippen LogP contribution < -0.4 is 9.80 Å². The molecule has 0 aliphatic carbocycles. The summed E-state index contributed by atoms with van der Waals surface area (Å²) in [7, 11) is 3.91. The zero-order valence-electron chi connectivity index (χ0n) is 17.0. The molecule has 0 unspecified atom stereocenters. The van der Waals surface area contributed by atoms with Gasteiger partial charge in [-0.3, -0.25) is 4.79 Å². The van der Waals surface area contributed by atoms with Gasteiger partial charge in [-0.05, 0) is 43.4 Å². The van der Waals surface area contributed by atoms with E-state index in [1.165, 1.54) is 5.56 Å². The van der Waals surface area contributed by atoms with Gasteiger partial charge in [0.2, 0.25) is 5.95 Å². The fourth-order valence-electron chi connectivity index (χ4n) is 3.96. The third kappa shape index (κ3) is 3.66. The van der Waals surface area contributed by atoms with E-state index in [0.29, 0.717) is 0 Å². The van der Waals surface area contributed by atoms with Crippen molar-refractivity contribution in [3.05, 3.63) is 40.8 Å². The van der Waals surface area contributed by atoms with Crippen molar-refractivity contribution in [3.8, 4) is 0 Å². The minimum Gasteiger partial charge on any atom is -0.362 e. The Morgan fingerprint density at radius 2 is 1.71 bits per heavy atom. The average molecular weight is 380 g/mol. The first kappa shape index (κ1) is 18.7. The third-order valence-electron chi connectivity index (χ3n) is 5.54. The number of hydrogen-bond donors (Lipinski definition) is 0. The van der Waals surface area contributed by atoms with Crippen LogP contribution in [-0.2, 0) is 12.8 Å². The first-order chi connectivity index (χ1) is 13.5. The Balaban J connectivity index is 1.62. The second-order valence-electron chi connectivity index (χ2n) is 7.91. The van der Waals surface area contributed by atoms with Crippen molar-refractivity contribution >= 4 is 17.7 Å². The van der Waals surface area contributed by atoms with Crippen molar-refractivity contribution in [2.24, 2.45) is 0 Å². The van der Waals surface area contributed by atoms with Crippen LogP contribution in [0.25, 0.3) is 0 Å². The predicted octanol–water partition coefficient (Wildman–Crippen LogP) is 2.09. The summed E-state index contributed by atoms with van der Waals surface area (Å²) in [5.41, 5.74) is 4.04. The van der Waals surface area contributed by atoms with E-state index in [4.69, 9.17) is 4.98 Å². The van der Waals surface area contributed by atoms with E-state index < -0.39 is 0 Å². The van der Waals surface area contributed by atoms with Gasteiger partial charge in [0.1, 0.15) is 5.82 Å². The molecule has 0 saturated carbocycles. The topological polar surface area (TPSA) is 65.5 Å². The smallest absolute Gasteiger partial charge is 0.257 e. The Bertz CT molecular complexity index is 858. The number of nitrogens with zero attached hydrogens (tertiary/aromatic N) is 6. The minimum atomic E-state index is 0.111. The molecule has 2 aromatic rings. The Kier molecular flexibility index (Phi) is 5.15. The molecule has 4 rings (SSSR count). The van der Waals surface area contributed by atoms with E-state index in [-0.39, 0.29) is 5.91 Å². The maximum Gasteiger partial charge on any atom is 0.257 e. The lowest BCUT2D eigenvalue weighted by Crippen LogP contribution is -2.30. The molecule has 0 radical (unpaired) electrons. The second kappa shape index (κ2) is 7.73. The van der Waals surface area contributed by atoms with Crippen LogP contribution in [-0.4, -0.2) is 66.0 Å². The number of likely N-dealkylation sites (tertiary alicyclic amines) is 1. The van der Waals surface area contributed by atoms with Gasteiger partial charge in [0.05, 0.1) is 5.56 Å². The standard InChI is InChI=1S/C21H28N6O/c1-15-13-22-21(23-14-15)27-10-6-16-12-17(20(28)26-8-4-5-9-26)19(25(2)3)24-18(16)7-11-27/h12-14H,4-11H2,1-3H3. The highest BCUT2D eigenvalue weighted by molar-refractivity contribution is 5.99. The fourth-order valence-corrected chi connectivity index (χ4v) is 3.96. The number of rotatable bonds is 3. The molecule has 4 heterocycles. The third-order valence-corrected chi connectivity index (χ3v) is 5.54. The molecule has 1 fully saturated rings. The van der Waals surface area contributed by atoms with Crippen LogP contribution in [0.4, 0.5) is 11.8 Å². The van der Waals surface area contributed by atoms with E-state index in [0.717, 1.165) is 80.4 Å². The fraction of sp³-hybridized carbons (Fsp3) is 0.524. The molecule has 28 heavy (non-hydrogen) atoms. The molecule has 2 aliphatic heterocycles. The van der Waals surface area contributed by atoms with Gasteiger partial charge in [0.25, 0.3) is 5.91 Å². The van der Waals surface area contributed by atoms with Crippen LogP contribution in [0.1, 0.15) is 40.0 Å². The molecule has 7 heteroatoms. The summed E-state index contributed by atoms with van der Waals surface area (Å²) in [6.07, 6.45) is 7.56.